The lowest BCUT2D eigenvalue weighted by Crippen LogP contribution is -2.33. The molecule has 0 aliphatic heterocycles. The highest BCUT2D eigenvalue weighted by atomic mass is 15.3. The Morgan fingerprint density at radius 1 is 1.33 bits per heavy atom. The van der Waals surface area contributed by atoms with Gasteiger partial charge in [-0.15, -0.1) is 0 Å². The number of aromatic nitrogens is 3. The van der Waals surface area contributed by atoms with Gasteiger partial charge in [0.25, 0.3) is 0 Å². The summed E-state index contributed by atoms with van der Waals surface area (Å²) in [6.07, 6.45) is 9.65. The average molecular weight is 292 g/mol. The van der Waals surface area contributed by atoms with Crippen molar-refractivity contribution >= 4 is 0 Å². The summed E-state index contributed by atoms with van der Waals surface area (Å²) in [6, 6.07) is 0.403. The number of nitrogens with one attached hydrogen (secondary N) is 1. The van der Waals surface area contributed by atoms with Crippen LogP contribution in [0, 0.1) is 17.8 Å². The van der Waals surface area contributed by atoms with Crippen LogP contribution in [0.15, 0.2) is 6.33 Å². The third-order valence-corrected chi connectivity index (χ3v) is 4.99. The number of hydrogen-bond donors (Lipinski definition) is 1. The van der Waals surface area contributed by atoms with E-state index in [9.17, 15) is 0 Å². The van der Waals surface area contributed by atoms with Crippen LogP contribution < -0.4 is 5.32 Å². The monoisotopic (exact) mass is 292 g/mol. The summed E-state index contributed by atoms with van der Waals surface area (Å²) in [5, 5.41) is 7.79. The fourth-order valence-corrected chi connectivity index (χ4v) is 3.96. The lowest BCUT2D eigenvalue weighted by atomic mass is 9.71. The van der Waals surface area contributed by atoms with Crippen molar-refractivity contribution in [1.82, 2.24) is 20.1 Å². The number of hydrogen-bond acceptors (Lipinski definition) is 3. The summed E-state index contributed by atoms with van der Waals surface area (Å²) in [5.74, 6) is 3.64. The molecule has 0 amide bonds. The van der Waals surface area contributed by atoms with Crippen LogP contribution in [0.5, 0.6) is 0 Å². The molecule has 120 valence electrons. The summed E-state index contributed by atoms with van der Waals surface area (Å²) in [6.45, 7) is 7.82. The Balaban J connectivity index is 2.06. The Bertz CT molecular complexity index is 413. The third kappa shape index (κ3) is 4.29. The van der Waals surface area contributed by atoms with E-state index in [0.29, 0.717) is 6.04 Å². The second-order valence-electron chi connectivity index (χ2n) is 6.96. The molecule has 2 rings (SSSR count). The minimum absolute atomic E-state index is 0.403. The van der Waals surface area contributed by atoms with Gasteiger partial charge in [-0.3, -0.25) is 0 Å². The Labute approximate surface area is 129 Å². The topological polar surface area (TPSA) is 42.7 Å². The Morgan fingerprint density at radius 3 is 2.81 bits per heavy atom. The molecule has 3 unspecified atom stereocenters. The predicted molar refractivity (Wildman–Crippen MR) is 87.3 cm³/mol. The summed E-state index contributed by atoms with van der Waals surface area (Å²) in [5.41, 5.74) is 0. The Morgan fingerprint density at radius 2 is 2.14 bits per heavy atom. The largest absolute Gasteiger partial charge is 0.319 e. The van der Waals surface area contributed by atoms with Gasteiger partial charge in [0.1, 0.15) is 12.2 Å². The maximum atomic E-state index is 4.53. The van der Waals surface area contributed by atoms with Crippen LogP contribution in [0.1, 0.15) is 64.7 Å². The van der Waals surface area contributed by atoms with Crippen LogP contribution in [0.25, 0.3) is 0 Å². The molecule has 1 aromatic heterocycles. The zero-order valence-electron chi connectivity index (χ0n) is 14.2. The first-order valence-corrected chi connectivity index (χ1v) is 8.68. The van der Waals surface area contributed by atoms with E-state index in [0.717, 1.165) is 30.7 Å². The highest BCUT2D eigenvalue weighted by Crippen LogP contribution is 2.37. The van der Waals surface area contributed by atoms with Gasteiger partial charge in [-0.2, -0.15) is 5.10 Å². The first-order valence-electron chi connectivity index (χ1n) is 8.68. The first kappa shape index (κ1) is 16.5. The normalized spacial score (nSPS) is 26.4. The maximum Gasteiger partial charge on any atom is 0.138 e. The Hall–Kier alpha value is -0.900. The van der Waals surface area contributed by atoms with E-state index < -0.39 is 0 Å². The van der Waals surface area contributed by atoms with Gasteiger partial charge in [0.05, 0.1) is 0 Å². The molecule has 1 fully saturated rings. The van der Waals surface area contributed by atoms with E-state index in [4.69, 9.17) is 0 Å². The van der Waals surface area contributed by atoms with Crippen molar-refractivity contribution in [2.45, 2.75) is 65.3 Å². The molecule has 4 nitrogen and oxygen atoms in total. The molecule has 0 saturated heterocycles. The lowest BCUT2D eigenvalue weighted by molar-refractivity contribution is 0.166. The predicted octanol–water partition coefficient (Wildman–Crippen LogP) is 3.45. The van der Waals surface area contributed by atoms with Gasteiger partial charge in [0.15, 0.2) is 0 Å². The third-order valence-electron chi connectivity index (χ3n) is 4.99. The summed E-state index contributed by atoms with van der Waals surface area (Å²) >= 11 is 0. The number of rotatable bonds is 7. The van der Waals surface area contributed by atoms with Crippen molar-refractivity contribution in [2.24, 2.45) is 17.8 Å². The molecule has 1 N–H and O–H groups in total. The van der Waals surface area contributed by atoms with Gasteiger partial charge in [0.2, 0.25) is 0 Å². The van der Waals surface area contributed by atoms with Gasteiger partial charge >= 0.3 is 0 Å². The van der Waals surface area contributed by atoms with Crippen LogP contribution in [-0.4, -0.2) is 28.4 Å². The smallest absolute Gasteiger partial charge is 0.138 e. The minimum Gasteiger partial charge on any atom is -0.319 e. The summed E-state index contributed by atoms with van der Waals surface area (Å²) in [4.78, 5) is 4.53. The van der Waals surface area contributed by atoms with E-state index in [-0.39, 0.29) is 0 Å². The van der Waals surface area contributed by atoms with E-state index in [1.807, 2.05) is 0 Å². The fourth-order valence-electron chi connectivity index (χ4n) is 3.96. The molecule has 21 heavy (non-hydrogen) atoms. The molecule has 4 heteroatoms. The van der Waals surface area contributed by atoms with Crippen molar-refractivity contribution in [3.05, 3.63) is 12.2 Å². The standard InChI is InChI=1S/C17H32N4/c1-5-6-14-7-8-15(11-18-4)16(9-14)10-17-19-12-20-21(17)13(2)3/h12-16,18H,5-11H2,1-4H3. The molecule has 0 bridgehead atoms. The first-order chi connectivity index (χ1) is 10.2. The van der Waals surface area contributed by atoms with Gasteiger partial charge in [-0.1, -0.05) is 26.2 Å². The minimum atomic E-state index is 0.403. The van der Waals surface area contributed by atoms with Crippen LogP contribution in [0.3, 0.4) is 0 Å². The second kappa shape index (κ2) is 7.92. The molecule has 3 atom stereocenters. The van der Waals surface area contributed by atoms with Crippen molar-refractivity contribution in [3.63, 3.8) is 0 Å². The van der Waals surface area contributed by atoms with Gasteiger partial charge in [-0.25, -0.2) is 9.67 Å². The molecule has 0 radical (unpaired) electrons. The lowest BCUT2D eigenvalue weighted by Gasteiger charge is -2.36. The zero-order chi connectivity index (χ0) is 15.2. The molecule has 0 spiro atoms. The average Bonchev–Trinajstić information content (AvgIpc) is 2.90. The van der Waals surface area contributed by atoms with Crippen LogP contribution >= 0.6 is 0 Å². The van der Waals surface area contributed by atoms with E-state index >= 15 is 0 Å². The van der Waals surface area contributed by atoms with Crippen molar-refractivity contribution in [3.8, 4) is 0 Å². The van der Waals surface area contributed by atoms with E-state index in [2.05, 4.69) is 47.9 Å². The Kier molecular flexibility index (Phi) is 6.22. The molecular weight excluding hydrogens is 260 g/mol. The molecule has 0 aromatic carbocycles. The SMILES string of the molecule is CCCC1CCC(CNC)C(Cc2ncnn2C(C)C)C1. The van der Waals surface area contributed by atoms with Gasteiger partial charge < -0.3 is 5.32 Å². The highest BCUT2D eigenvalue weighted by molar-refractivity contribution is 4.93. The number of nitrogens with zero attached hydrogens (tertiary/aromatic N) is 3. The van der Waals surface area contributed by atoms with Crippen LogP contribution in [0.4, 0.5) is 0 Å². The van der Waals surface area contributed by atoms with Gasteiger partial charge in [-0.05, 0) is 58.0 Å². The fraction of sp³-hybridized carbons (Fsp3) is 0.882. The molecule has 1 heterocycles. The molecule has 1 aliphatic carbocycles. The summed E-state index contributed by atoms with van der Waals surface area (Å²) < 4.78 is 2.10. The van der Waals surface area contributed by atoms with Crippen molar-refractivity contribution in [2.75, 3.05) is 13.6 Å². The molecule has 1 aliphatic rings. The van der Waals surface area contributed by atoms with Crippen LogP contribution in [-0.2, 0) is 6.42 Å². The van der Waals surface area contributed by atoms with Crippen molar-refractivity contribution in [1.29, 1.82) is 0 Å². The van der Waals surface area contributed by atoms with E-state index in [1.165, 1.54) is 37.9 Å². The van der Waals surface area contributed by atoms with Crippen LogP contribution in [0.2, 0.25) is 0 Å². The zero-order valence-corrected chi connectivity index (χ0v) is 14.2. The molecule has 1 saturated carbocycles. The van der Waals surface area contributed by atoms with E-state index in [1.54, 1.807) is 6.33 Å². The second-order valence-corrected chi connectivity index (χ2v) is 6.96. The summed E-state index contributed by atoms with van der Waals surface area (Å²) in [7, 11) is 2.08. The molecular formula is C17H32N4. The van der Waals surface area contributed by atoms with Gasteiger partial charge in [0, 0.05) is 12.5 Å². The van der Waals surface area contributed by atoms with Crippen molar-refractivity contribution < 1.29 is 0 Å². The highest BCUT2D eigenvalue weighted by Gasteiger charge is 2.31. The quantitative estimate of drug-likeness (QED) is 0.837. The molecule has 1 aromatic rings. The maximum absolute atomic E-state index is 4.53.